The average molecular weight is 229 g/mol. The molecule has 0 aliphatic carbocycles. The lowest BCUT2D eigenvalue weighted by atomic mass is 10.1. The topological polar surface area (TPSA) is 39.1 Å². The van der Waals surface area contributed by atoms with Crippen molar-refractivity contribution in [2.45, 2.75) is 25.4 Å². The maximum absolute atomic E-state index is 9.03. The molecule has 0 spiro atoms. The van der Waals surface area contributed by atoms with E-state index in [1.165, 1.54) is 12.8 Å². The van der Waals surface area contributed by atoms with Crippen LogP contribution in [-0.4, -0.2) is 31.1 Å². The van der Waals surface area contributed by atoms with Crippen LogP contribution >= 0.6 is 0 Å². The Kier molecular flexibility index (Phi) is 4.13. The Morgan fingerprint density at radius 3 is 3.00 bits per heavy atom. The minimum Gasteiger partial charge on any atom is -0.313 e. The van der Waals surface area contributed by atoms with Gasteiger partial charge in [-0.3, -0.25) is 0 Å². The average Bonchev–Trinajstić information content (AvgIpc) is 2.82. The van der Waals surface area contributed by atoms with Crippen LogP contribution in [-0.2, 0) is 6.54 Å². The third kappa shape index (κ3) is 3.29. The summed E-state index contributed by atoms with van der Waals surface area (Å²) in [5.74, 6) is 0. The van der Waals surface area contributed by atoms with Gasteiger partial charge in [-0.1, -0.05) is 18.2 Å². The van der Waals surface area contributed by atoms with Gasteiger partial charge < -0.3 is 10.2 Å². The number of nitriles is 1. The van der Waals surface area contributed by atoms with Crippen molar-refractivity contribution >= 4 is 0 Å². The number of hydrogen-bond acceptors (Lipinski definition) is 3. The van der Waals surface area contributed by atoms with Gasteiger partial charge in [-0.25, -0.2) is 0 Å². The first-order chi connectivity index (χ1) is 8.29. The molecule has 0 saturated carbocycles. The fourth-order valence-electron chi connectivity index (χ4n) is 2.41. The molecule has 1 unspecified atom stereocenters. The summed E-state index contributed by atoms with van der Waals surface area (Å²) in [5.41, 5.74) is 1.91. The first-order valence-corrected chi connectivity index (χ1v) is 6.19. The molecule has 1 aromatic rings. The molecule has 1 saturated heterocycles. The van der Waals surface area contributed by atoms with Crippen molar-refractivity contribution < 1.29 is 0 Å². The van der Waals surface area contributed by atoms with Gasteiger partial charge >= 0.3 is 0 Å². The lowest BCUT2D eigenvalue weighted by Gasteiger charge is -2.21. The summed E-state index contributed by atoms with van der Waals surface area (Å²) < 4.78 is 0. The minimum absolute atomic E-state index is 0.620. The Hall–Kier alpha value is -1.37. The summed E-state index contributed by atoms with van der Waals surface area (Å²) in [5, 5.41) is 12.5. The van der Waals surface area contributed by atoms with Gasteiger partial charge in [0.15, 0.2) is 0 Å². The molecule has 1 fully saturated rings. The maximum Gasteiger partial charge on any atom is 0.0995 e. The normalized spacial score (nSPS) is 19.5. The summed E-state index contributed by atoms with van der Waals surface area (Å²) in [7, 11) is 2.12. The van der Waals surface area contributed by atoms with E-state index in [0.717, 1.165) is 30.8 Å². The SMILES string of the molecule is CN(Cc1ccccc1C#N)CC1CCCN1. The molecule has 1 N–H and O–H groups in total. The highest BCUT2D eigenvalue weighted by Gasteiger charge is 2.16. The third-order valence-electron chi connectivity index (χ3n) is 3.27. The standard InChI is InChI=1S/C14H19N3/c1-17(11-14-7-4-8-16-14)10-13-6-3-2-5-12(13)9-15/h2-3,5-6,14,16H,4,7-8,10-11H2,1H3. The van der Waals surface area contributed by atoms with E-state index in [0.29, 0.717) is 6.04 Å². The molecule has 3 nitrogen and oxygen atoms in total. The van der Waals surface area contributed by atoms with Gasteiger partial charge in [0, 0.05) is 19.1 Å². The Morgan fingerprint density at radius 2 is 2.29 bits per heavy atom. The van der Waals surface area contributed by atoms with Gasteiger partial charge in [0.2, 0.25) is 0 Å². The molecule has 1 heterocycles. The van der Waals surface area contributed by atoms with Crippen molar-refractivity contribution in [2.24, 2.45) is 0 Å². The fraction of sp³-hybridized carbons (Fsp3) is 0.500. The Morgan fingerprint density at radius 1 is 1.47 bits per heavy atom. The number of rotatable bonds is 4. The highest BCUT2D eigenvalue weighted by molar-refractivity contribution is 5.37. The van der Waals surface area contributed by atoms with Crippen LogP contribution < -0.4 is 5.32 Å². The van der Waals surface area contributed by atoms with Gasteiger partial charge in [0.25, 0.3) is 0 Å². The van der Waals surface area contributed by atoms with E-state index in [1.807, 2.05) is 24.3 Å². The second kappa shape index (κ2) is 5.81. The maximum atomic E-state index is 9.03. The summed E-state index contributed by atoms with van der Waals surface area (Å²) >= 11 is 0. The summed E-state index contributed by atoms with van der Waals surface area (Å²) in [6.45, 7) is 3.05. The highest BCUT2D eigenvalue weighted by atomic mass is 15.1. The van der Waals surface area contributed by atoms with E-state index in [-0.39, 0.29) is 0 Å². The predicted molar refractivity (Wildman–Crippen MR) is 68.5 cm³/mol. The molecule has 0 radical (unpaired) electrons. The minimum atomic E-state index is 0.620. The van der Waals surface area contributed by atoms with Crippen LogP contribution in [0.2, 0.25) is 0 Å². The number of nitrogens with zero attached hydrogens (tertiary/aromatic N) is 2. The van der Waals surface area contributed by atoms with Crippen LogP contribution in [0.15, 0.2) is 24.3 Å². The summed E-state index contributed by atoms with van der Waals surface area (Å²) in [6.07, 6.45) is 2.55. The zero-order chi connectivity index (χ0) is 12.1. The van der Waals surface area contributed by atoms with Crippen molar-refractivity contribution in [1.82, 2.24) is 10.2 Å². The van der Waals surface area contributed by atoms with Crippen molar-refractivity contribution in [3.05, 3.63) is 35.4 Å². The highest BCUT2D eigenvalue weighted by Crippen LogP contribution is 2.12. The quantitative estimate of drug-likeness (QED) is 0.855. The van der Waals surface area contributed by atoms with E-state index >= 15 is 0 Å². The van der Waals surface area contributed by atoms with Gasteiger partial charge in [-0.2, -0.15) is 5.26 Å². The van der Waals surface area contributed by atoms with E-state index < -0.39 is 0 Å². The first-order valence-electron chi connectivity index (χ1n) is 6.19. The zero-order valence-corrected chi connectivity index (χ0v) is 10.3. The van der Waals surface area contributed by atoms with Gasteiger partial charge in [-0.15, -0.1) is 0 Å². The lowest BCUT2D eigenvalue weighted by molar-refractivity contribution is 0.293. The van der Waals surface area contributed by atoms with Crippen LogP contribution in [0, 0.1) is 11.3 Å². The molecule has 90 valence electrons. The zero-order valence-electron chi connectivity index (χ0n) is 10.3. The van der Waals surface area contributed by atoms with E-state index in [9.17, 15) is 0 Å². The molecule has 1 aromatic carbocycles. The first kappa shape index (κ1) is 12.1. The Bertz CT molecular complexity index is 402. The van der Waals surface area contributed by atoms with Crippen LogP contribution in [0.5, 0.6) is 0 Å². The number of nitrogens with one attached hydrogen (secondary N) is 1. The van der Waals surface area contributed by atoms with Crippen molar-refractivity contribution in [3.8, 4) is 6.07 Å². The molecule has 0 amide bonds. The molecular weight excluding hydrogens is 210 g/mol. The van der Waals surface area contributed by atoms with Gasteiger partial charge in [0.05, 0.1) is 11.6 Å². The number of likely N-dealkylation sites (N-methyl/N-ethyl adjacent to an activating group) is 1. The lowest BCUT2D eigenvalue weighted by Crippen LogP contribution is -2.35. The molecule has 2 rings (SSSR count). The molecule has 0 aromatic heterocycles. The van der Waals surface area contributed by atoms with E-state index in [2.05, 4.69) is 23.3 Å². The Labute approximate surface area is 103 Å². The molecule has 17 heavy (non-hydrogen) atoms. The second-order valence-electron chi connectivity index (χ2n) is 4.76. The molecule has 0 bridgehead atoms. The molecule has 3 heteroatoms. The Balaban J connectivity index is 1.93. The monoisotopic (exact) mass is 229 g/mol. The van der Waals surface area contributed by atoms with Crippen molar-refractivity contribution in [1.29, 1.82) is 5.26 Å². The predicted octanol–water partition coefficient (Wildman–Crippen LogP) is 1.74. The van der Waals surface area contributed by atoms with Crippen molar-refractivity contribution in [2.75, 3.05) is 20.1 Å². The van der Waals surface area contributed by atoms with Crippen molar-refractivity contribution in [3.63, 3.8) is 0 Å². The number of benzene rings is 1. The smallest absolute Gasteiger partial charge is 0.0995 e. The molecule has 1 aliphatic rings. The van der Waals surface area contributed by atoms with Crippen LogP contribution in [0.3, 0.4) is 0 Å². The summed E-state index contributed by atoms with van der Waals surface area (Å²) in [4.78, 5) is 2.29. The molecular formula is C14H19N3. The second-order valence-corrected chi connectivity index (χ2v) is 4.76. The largest absolute Gasteiger partial charge is 0.313 e. The summed E-state index contributed by atoms with van der Waals surface area (Å²) in [6, 6.07) is 10.7. The van der Waals surface area contributed by atoms with E-state index in [4.69, 9.17) is 5.26 Å². The number of hydrogen-bond donors (Lipinski definition) is 1. The van der Waals surface area contributed by atoms with Crippen LogP contribution in [0.25, 0.3) is 0 Å². The van der Waals surface area contributed by atoms with Crippen LogP contribution in [0.1, 0.15) is 24.0 Å². The molecule has 1 atom stereocenters. The van der Waals surface area contributed by atoms with Gasteiger partial charge in [-0.05, 0) is 38.1 Å². The van der Waals surface area contributed by atoms with Crippen LogP contribution in [0.4, 0.5) is 0 Å². The van der Waals surface area contributed by atoms with Gasteiger partial charge in [0.1, 0.15) is 0 Å². The fourth-order valence-corrected chi connectivity index (χ4v) is 2.41. The van der Waals surface area contributed by atoms with E-state index in [1.54, 1.807) is 0 Å². The third-order valence-corrected chi connectivity index (χ3v) is 3.27. The molecule has 1 aliphatic heterocycles.